The Balaban J connectivity index is 2.27. The zero-order chi connectivity index (χ0) is 16.4. The maximum atomic E-state index is 12.5. The van der Waals surface area contributed by atoms with Crippen molar-refractivity contribution in [3.05, 3.63) is 58.4 Å². The molecule has 0 spiro atoms. The average Bonchev–Trinajstić information content (AvgIpc) is 2.84. The highest BCUT2D eigenvalue weighted by Crippen LogP contribution is 2.22. The Labute approximate surface area is 142 Å². The second-order valence-corrected chi connectivity index (χ2v) is 7.72. The average molecular weight is 363 g/mol. The summed E-state index contributed by atoms with van der Waals surface area (Å²) in [5.41, 5.74) is 0.805. The summed E-state index contributed by atoms with van der Waals surface area (Å²) in [7, 11) is -3.80. The van der Waals surface area contributed by atoms with Crippen LogP contribution in [0.5, 0.6) is 0 Å². The second-order valence-electron chi connectivity index (χ2n) is 4.67. The molecular weight excluding hydrogens is 352 g/mol. The van der Waals surface area contributed by atoms with Gasteiger partial charge >= 0.3 is 0 Å². The van der Waals surface area contributed by atoms with Gasteiger partial charge < -0.3 is 4.57 Å². The maximum absolute atomic E-state index is 12.5. The molecule has 1 heterocycles. The van der Waals surface area contributed by atoms with Crippen molar-refractivity contribution in [1.29, 1.82) is 0 Å². The third-order valence-electron chi connectivity index (χ3n) is 3.13. The van der Waals surface area contributed by atoms with E-state index in [2.05, 4.69) is 10.3 Å². The normalized spacial score (nSPS) is 12.4. The van der Waals surface area contributed by atoms with Crippen molar-refractivity contribution in [3.8, 4) is 12.3 Å². The molecule has 1 aromatic heterocycles. The van der Waals surface area contributed by atoms with Gasteiger partial charge in [0.2, 0.25) is 4.80 Å². The molecule has 0 saturated carbocycles. The Hall–Kier alpha value is -2.07. The molecule has 23 heavy (non-hydrogen) atoms. The molecule has 0 aliphatic rings. The van der Waals surface area contributed by atoms with Crippen molar-refractivity contribution < 1.29 is 8.42 Å². The molecule has 116 valence electrons. The van der Waals surface area contributed by atoms with E-state index in [0.717, 1.165) is 10.2 Å². The standard InChI is InChI=1S/C16H11ClN2O2S2/c1-2-10-19-14-9-8-12(17)11-15(14)22-16(19)18-23(20,21)13-6-4-3-5-7-13/h1,3-9,11H,10H2. The first-order chi connectivity index (χ1) is 11.0. The van der Waals surface area contributed by atoms with Gasteiger partial charge in [-0.25, -0.2) is 0 Å². The van der Waals surface area contributed by atoms with Crippen molar-refractivity contribution in [2.45, 2.75) is 11.4 Å². The monoisotopic (exact) mass is 362 g/mol. The number of hydrogen-bond donors (Lipinski definition) is 0. The quantitative estimate of drug-likeness (QED) is 0.671. The summed E-state index contributed by atoms with van der Waals surface area (Å²) in [5, 5.41) is 0.573. The van der Waals surface area contributed by atoms with E-state index in [0.29, 0.717) is 9.82 Å². The summed E-state index contributed by atoms with van der Waals surface area (Å²) in [6.07, 6.45) is 5.40. The summed E-state index contributed by atoms with van der Waals surface area (Å²) in [6, 6.07) is 13.4. The van der Waals surface area contributed by atoms with Crippen molar-refractivity contribution in [1.82, 2.24) is 4.57 Å². The van der Waals surface area contributed by atoms with Crippen molar-refractivity contribution in [2.75, 3.05) is 0 Å². The Kier molecular flexibility index (Phi) is 4.26. The smallest absolute Gasteiger partial charge is 0.285 e. The van der Waals surface area contributed by atoms with Gasteiger partial charge in [-0.3, -0.25) is 0 Å². The molecule has 0 radical (unpaired) electrons. The third-order valence-corrected chi connectivity index (χ3v) is 5.81. The van der Waals surface area contributed by atoms with Gasteiger partial charge in [0.15, 0.2) is 0 Å². The summed E-state index contributed by atoms with van der Waals surface area (Å²) < 4.78 is 31.4. The van der Waals surface area contributed by atoms with Crippen LogP contribution in [0, 0.1) is 12.3 Å². The van der Waals surface area contributed by atoms with E-state index in [4.69, 9.17) is 18.0 Å². The van der Waals surface area contributed by atoms with Crippen LogP contribution in [0.3, 0.4) is 0 Å². The summed E-state index contributed by atoms with van der Waals surface area (Å²) in [6.45, 7) is 0.227. The fraction of sp³-hybridized carbons (Fsp3) is 0.0625. The first-order valence-corrected chi connectivity index (χ1v) is 9.23. The number of benzene rings is 2. The zero-order valence-electron chi connectivity index (χ0n) is 11.8. The van der Waals surface area contributed by atoms with Gasteiger partial charge in [-0.15, -0.1) is 10.8 Å². The highest BCUT2D eigenvalue weighted by molar-refractivity contribution is 7.90. The van der Waals surface area contributed by atoms with Crippen LogP contribution in [0.1, 0.15) is 0 Å². The Bertz CT molecular complexity index is 1070. The SMILES string of the molecule is C#CCn1c(=NS(=O)(=O)c2ccccc2)sc2cc(Cl)ccc21. The van der Waals surface area contributed by atoms with E-state index in [1.807, 2.05) is 0 Å². The number of nitrogens with zero attached hydrogens (tertiary/aromatic N) is 2. The van der Waals surface area contributed by atoms with Gasteiger partial charge in [0, 0.05) is 5.02 Å². The number of hydrogen-bond acceptors (Lipinski definition) is 3. The van der Waals surface area contributed by atoms with E-state index in [9.17, 15) is 8.42 Å². The molecule has 0 amide bonds. The van der Waals surface area contributed by atoms with Gasteiger partial charge in [-0.2, -0.15) is 8.42 Å². The van der Waals surface area contributed by atoms with Crippen LogP contribution in [0.15, 0.2) is 57.8 Å². The highest BCUT2D eigenvalue weighted by Gasteiger charge is 2.14. The number of thiazole rings is 1. The fourth-order valence-electron chi connectivity index (χ4n) is 2.11. The lowest BCUT2D eigenvalue weighted by molar-refractivity contribution is 0.596. The van der Waals surface area contributed by atoms with E-state index in [1.54, 1.807) is 41.0 Å². The number of rotatable bonds is 3. The number of halogens is 1. The number of aromatic nitrogens is 1. The predicted molar refractivity (Wildman–Crippen MR) is 92.8 cm³/mol. The molecule has 2 aromatic carbocycles. The molecule has 0 aliphatic heterocycles. The van der Waals surface area contributed by atoms with E-state index < -0.39 is 10.0 Å². The molecule has 0 unspecified atom stereocenters. The Morgan fingerprint density at radius 2 is 1.96 bits per heavy atom. The summed E-state index contributed by atoms with van der Waals surface area (Å²) >= 11 is 7.23. The highest BCUT2D eigenvalue weighted by atomic mass is 35.5. The Morgan fingerprint density at radius 3 is 2.65 bits per heavy atom. The molecule has 0 fully saturated rings. The maximum Gasteiger partial charge on any atom is 0.285 e. The molecule has 7 heteroatoms. The number of fused-ring (bicyclic) bond motifs is 1. The summed E-state index contributed by atoms with van der Waals surface area (Å²) in [4.78, 5) is 0.465. The van der Waals surface area contributed by atoms with Gasteiger partial charge in [0.1, 0.15) is 0 Å². The zero-order valence-corrected chi connectivity index (χ0v) is 14.2. The molecule has 0 N–H and O–H groups in total. The van der Waals surface area contributed by atoms with Crippen LogP contribution in [0.2, 0.25) is 5.02 Å². The predicted octanol–water partition coefficient (Wildman–Crippen LogP) is 3.28. The van der Waals surface area contributed by atoms with Crippen molar-refractivity contribution in [2.24, 2.45) is 4.40 Å². The lowest BCUT2D eigenvalue weighted by Gasteiger charge is -2.00. The third kappa shape index (κ3) is 3.17. The van der Waals surface area contributed by atoms with Gasteiger partial charge in [0.05, 0.1) is 21.7 Å². The van der Waals surface area contributed by atoms with Crippen LogP contribution in [0.25, 0.3) is 10.2 Å². The minimum Gasteiger partial charge on any atom is -0.304 e. The van der Waals surface area contributed by atoms with Gasteiger partial charge in [0.25, 0.3) is 10.0 Å². The molecule has 3 rings (SSSR count). The van der Waals surface area contributed by atoms with Gasteiger partial charge in [-0.1, -0.05) is 47.1 Å². The fourth-order valence-corrected chi connectivity index (χ4v) is 4.64. The molecule has 0 aliphatic carbocycles. The van der Waals surface area contributed by atoms with Gasteiger partial charge in [-0.05, 0) is 30.3 Å². The molecule has 4 nitrogen and oxygen atoms in total. The van der Waals surface area contributed by atoms with Crippen LogP contribution in [-0.2, 0) is 16.6 Å². The molecule has 0 saturated heterocycles. The molecule has 0 atom stereocenters. The lowest BCUT2D eigenvalue weighted by Crippen LogP contribution is -2.16. The first kappa shape index (κ1) is 15.8. The number of sulfonamides is 1. The van der Waals surface area contributed by atoms with Crippen LogP contribution in [-0.4, -0.2) is 13.0 Å². The van der Waals surface area contributed by atoms with Crippen LogP contribution >= 0.6 is 22.9 Å². The molecule has 3 aromatic rings. The molecular formula is C16H11ClN2O2S2. The van der Waals surface area contributed by atoms with Crippen LogP contribution < -0.4 is 4.80 Å². The number of terminal acetylenes is 1. The molecule has 0 bridgehead atoms. The summed E-state index contributed by atoms with van der Waals surface area (Å²) in [5.74, 6) is 2.52. The van der Waals surface area contributed by atoms with Crippen LogP contribution in [0.4, 0.5) is 0 Å². The Morgan fingerprint density at radius 1 is 1.22 bits per heavy atom. The second kappa shape index (κ2) is 6.20. The largest absolute Gasteiger partial charge is 0.304 e. The van der Waals surface area contributed by atoms with Crippen molar-refractivity contribution >= 4 is 43.2 Å². The minimum atomic E-state index is -3.80. The van der Waals surface area contributed by atoms with Crippen molar-refractivity contribution in [3.63, 3.8) is 0 Å². The van der Waals surface area contributed by atoms with E-state index in [1.165, 1.54) is 23.5 Å². The first-order valence-electron chi connectivity index (χ1n) is 6.60. The van der Waals surface area contributed by atoms with E-state index in [-0.39, 0.29) is 11.4 Å². The lowest BCUT2D eigenvalue weighted by atomic mass is 10.3. The topological polar surface area (TPSA) is 51.4 Å². The van der Waals surface area contributed by atoms with E-state index >= 15 is 0 Å². The minimum absolute atomic E-state index is 0.141.